The first-order chi connectivity index (χ1) is 22.5. The van der Waals surface area contributed by atoms with Crippen LogP contribution < -0.4 is 5.32 Å². The molecule has 2 aliphatic heterocycles. The molecule has 5 rings (SSSR count). The first kappa shape index (κ1) is 34.6. The molecule has 2 aromatic carbocycles. The molecule has 3 aliphatic rings. The zero-order chi connectivity index (χ0) is 34.0. The molecule has 0 aromatic heterocycles. The minimum absolute atomic E-state index is 0.0838. The van der Waals surface area contributed by atoms with Crippen LogP contribution in [-0.4, -0.2) is 61.1 Å². The molecule has 1 N–H and O–H groups in total. The Kier molecular flexibility index (Phi) is 10.7. The minimum atomic E-state index is -1.00. The molecule has 0 bridgehead atoms. The quantitative estimate of drug-likeness (QED) is 0.290. The lowest BCUT2D eigenvalue weighted by atomic mass is 9.75. The van der Waals surface area contributed by atoms with E-state index in [0.717, 1.165) is 41.5 Å². The van der Waals surface area contributed by atoms with E-state index in [9.17, 15) is 14.4 Å². The number of methoxy groups -OCH3 is 2. The fourth-order valence-corrected chi connectivity index (χ4v) is 8.28. The van der Waals surface area contributed by atoms with Crippen LogP contribution in [-0.2, 0) is 33.4 Å². The molecule has 2 saturated heterocycles. The smallest absolute Gasteiger partial charge is 0.328 e. The highest BCUT2D eigenvalue weighted by atomic mass is 16.5. The molecule has 9 atom stereocenters. The van der Waals surface area contributed by atoms with Crippen molar-refractivity contribution in [2.45, 2.75) is 97.0 Å². The summed E-state index contributed by atoms with van der Waals surface area (Å²) in [5.74, 6) is -2.19. The Labute approximate surface area is 278 Å². The molecule has 9 nitrogen and oxygen atoms in total. The maximum absolute atomic E-state index is 15.0. The maximum Gasteiger partial charge on any atom is 0.328 e. The van der Waals surface area contributed by atoms with Gasteiger partial charge in [-0.3, -0.25) is 19.7 Å². The van der Waals surface area contributed by atoms with Gasteiger partial charge in [0.15, 0.2) is 0 Å². The van der Waals surface area contributed by atoms with Gasteiger partial charge in [-0.25, -0.2) is 4.79 Å². The highest BCUT2D eigenvalue weighted by molar-refractivity contribution is 5.91. The van der Waals surface area contributed by atoms with Crippen LogP contribution >= 0.6 is 0 Å². The van der Waals surface area contributed by atoms with Gasteiger partial charge in [0.25, 0.3) is 0 Å². The molecular weight excluding hydrogens is 596 g/mol. The van der Waals surface area contributed by atoms with Crippen molar-refractivity contribution in [3.8, 4) is 0 Å². The van der Waals surface area contributed by atoms with Gasteiger partial charge in [0.1, 0.15) is 18.2 Å². The second kappa shape index (κ2) is 14.6. The van der Waals surface area contributed by atoms with Gasteiger partial charge in [-0.2, -0.15) is 0 Å². The molecule has 1 aliphatic carbocycles. The van der Waals surface area contributed by atoms with E-state index in [2.05, 4.69) is 26.1 Å². The molecule has 9 heteroatoms. The Morgan fingerprint density at radius 2 is 1.40 bits per heavy atom. The third-order valence-electron chi connectivity index (χ3n) is 10.9. The fourth-order valence-electron chi connectivity index (χ4n) is 8.28. The van der Waals surface area contributed by atoms with Crippen molar-refractivity contribution in [2.24, 2.45) is 29.6 Å². The number of carbonyl (C=O) groups is 4. The van der Waals surface area contributed by atoms with E-state index in [1.165, 1.54) is 14.2 Å². The molecule has 0 unspecified atom stereocenters. The number of amides is 1. The van der Waals surface area contributed by atoms with E-state index < -0.39 is 47.9 Å². The number of aryl methyl sites for hydroxylation is 2. The molecule has 3 fully saturated rings. The summed E-state index contributed by atoms with van der Waals surface area (Å²) in [4.78, 5) is 57.3. The second-order valence-electron chi connectivity index (χ2n) is 14.1. The van der Waals surface area contributed by atoms with Gasteiger partial charge in [-0.1, -0.05) is 75.7 Å². The van der Waals surface area contributed by atoms with Crippen LogP contribution in [0.5, 0.6) is 0 Å². The molecule has 0 radical (unpaired) electrons. The van der Waals surface area contributed by atoms with Crippen molar-refractivity contribution in [1.82, 2.24) is 10.2 Å². The van der Waals surface area contributed by atoms with Gasteiger partial charge in [0.05, 0.1) is 32.1 Å². The Morgan fingerprint density at radius 3 is 2.00 bits per heavy atom. The number of ether oxygens (including phenoxy) is 3. The predicted molar refractivity (Wildman–Crippen MR) is 177 cm³/mol. The lowest BCUT2D eigenvalue weighted by molar-refractivity contribution is -0.162. The highest BCUT2D eigenvalue weighted by Crippen LogP contribution is 2.47. The number of rotatable bonds is 8. The number of nitrogens with zero attached hydrogens (tertiary/aromatic N) is 1. The van der Waals surface area contributed by atoms with Crippen molar-refractivity contribution in [2.75, 3.05) is 14.2 Å². The Bertz CT molecular complexity index is 1470. The van der Waals surface area contributed by atoms with E-state index >= 15 is 4.79 Å². The zero-order valence-electron chi connectivity index (χ0n) is 28.7. The lowest BCUT2D eigenvalue weighted by Crippen LogP contribution is -2.46. The highest BCUT2D eigenvalue weighted by Gasteiger charge is 2.56. The van der Waals surface area contributed by atoms with Gasteiger partial charge in [-0.15, -0.1) is 0 Å². The molecular formula is C38H50N2O7. The van der Waals surface area contributed by atoms with Gasteiger partial charge in [0.2, 0.25) is 5.91 Å². The van der Waals surface area contributed by atoms with Crippen LogP contribution in [0.25, 0.3) is 0 Å². The molecule has 0 spiro atoms. The van der Waals surface area contributed by atoms with E-state index in [4.69, 9.17) is 14.2 Å². The molecule has 2 aromatic rings. The summed E-state index contributed by atoms with van der Waals surface area (Å²) in [6.07, 6.45) is 2.92. The summed E-state index contributed by atoms with van der Waals surface area (Å²) in [6, 6.07) is 12.4. The number of hydrogen-bond donors (Lipinski definition) is 1. The van der Waals surface area contributed by atoms with Crippen LogP contribution in [0.3, 0.4) is 0 Å². The number of carbonyl (C=O) groups excluding carboxylic acids is 4. The third-order valence-corrected chi connectivity index (χ3v) is 10.9. The van der Waals surface area contributed by atoms with E-state index in [-0.39, 0.29) is 36.7 Å². The average Bonchev–Trinajstić information content (AvgIpc) is 3.67. The normalized spacial score (nSPS) is 30.6. The Morgan fingerprint density at radius 1 is 0.787 bits per heavy atom. The van der Waals surface area contributed by atoms with E-state index in [1.807, 2.05) is 62.4 Å². The maximum atomic E-state index is 15.0. The number of likely N-dealkylation sites (tertiary alicyclic amines) is 1. The average molecular weight is 647 g/mol. The first-order valence-corrected chi connectivity index (χ1v) is 17.0. The minimum Gasteiger partial charge on any atom is -0.468 e. The van der Waals surface area contributed by atoms with Gasteiger partial charge in [-0.05, 0) is 79.5 Å². The standard InChI is InChI=1S/C38H50N2O7/c1-21(2)25-17-16-22(3)18-32(25)47-36(42)29-20-31(38(44)46-7)40(34(29)27-15-11-9-13-24(27)5)35(41)28-19-30(37(43)45-6)39-33(28)26-14-10-8-12-23(26)4/h8-15,21-22,25,28-34,39H,16-20H2,1-7H3/t22-,25+,28-,29+,30-,31+,32-,33-,34+/m1/s1. The van der Waals surface area contributed by atoms with Crippen LogP contribution in [0.1, 0.15) is 87.2 Å². The zero-order valence-corrected chi connectivity index (χ0v) is 28.7. The largest absolute Gasteiger partial charge is 0.468 e. The summed E-state index contributed by atoms with van der Waals surface area (Å²) >= 11 is 0. The van der Waals surface area contributed by atoms with Crippen molar-refractivity contribution in [3.05, 3.63) is 70.8 Å². The van der Waals surface area contributed by atoms with Crippen molar-refractivity contribution in [3.63, 3.8) is 0 Å². The van der Waals surface area contributed by atoms with Gasteiger partial charge in [0, 0.05) is 6.04 Å². The summed E-state index contributed by atoms with van der Waals surface area (Å²) < 4.78 is 16.7. The van der Waals surface area contributed by atoms with Crippen LogP contribution in [0.2, 0.25) is 0 Å². The summed E-state index contributed by atoms with van der Waals surface area (Å²) in [5.41, 5.74) is 3.55. The number of nitrogens with one attached hydrogen (secondary N) is 1. The SMILES string of the molecule is COC(=O)[C@H]1C[C@@H](C(=O)N2[C@H](C(=O)OC)C[C@H](C(=O)O[C@@H]3C[C@H](C)CC[C@H]3C(C)C)[C@@H]2c2ccccc2C)[C@@H](c2ccccc2C)N1. The Balaban J connectivity index is 1.57. The number of esters is 3. The van der Waals surface area contributed by atoms with Crippen LogP contribution in [0, 0.1) is 43.4 Å². The number of hydrogen-bond acceptors (Lipinski definition) is 8. The lowest BCUT2D eigenvalue weighted by Gasteiger charge is -2.38. The summed E-state index contributed by atoms with van der Waals surface area (Å²) in [6.45, 7) is 10.4. The second-order valence-corrected chi connectivity index (χ2v) is 14.1. The summed E-state index contributed by atoms with van der Waals surface area (Å²) in [5, 5.41) is 3.36. The third kappa shape index (κ3) is 6.96. The van der Waals surface area contributed by atoms with Crippen LogP contribution in [0.4, 0.5) is 0 Å². The molecule has 1 saturated carbocycles. The van der Waals surface area contributed by atoms with Crippen molar-refractivity contribution >= 4 is 23.8 Å². The topological polar surface area (TPSA) is 111 Å². The molecule has 47 heavy (non-hydrogen) atoms. The van der Waals surface area contributed by atoms with E-state index in [1.54, 1.807) is 4.90 Å². The fraction of sp³-hybridized carbons (Fsp3) is 0.579. The predicted octanol–water partition coefficient (Wildman–Crippen LogP) is 5.63. The number of benzene rings is 2. The first-order valence-electron chi connectivity index (χ1n) is 17.0. The monoisotopic (exact) mass is 646 g/mol. The van der Waals surface area contributed by atoms with E-state index in [0.29, 0.717) is 11.8 Å². The van der Waals surface area contributed by atoms with Crippen molar-refractivity contribution < 1.29 is 33.4 Å². The van der Waals surface area contributed by atoms with Gasteiger partial charge >= 0.3 is 17.9 Å². The molecule has 254 valence electrons. The Hall–Kier alpha value is -3.72. The molecule has 2 heterocycles. The van der Waals surface area contributed by atoms with Gasteiger partial charge < -0.3 is 19.1 Å². The van der Waals surface area contributed by atoms with Crippen LogP contribution in [0.15, 0.2) is 48.5 Å². The summed E-state index contributed by atoms with van der Waals surface area (Å²) in [7, 11) is 2.63. The van der Waals surface area contributed by atoms with Crippen molar-refractivity contribution in [1.29, 1.82) is 0 Å². The molecule has 1 amide bonds.